The van der Waals surface area contributed by atoms with E-state index in [9.17, 15) is 9.59 Å². The van der Waals surface area contributed by atoms with Gasteiger partial charge < -0.3 is 18.9 Å². The summed E-state index contributed by atoms with van der Waals surface area (Å²) >= 11 is 3.11. The summed E-state index contributed by atoms with van der Waals surface area (Å²) in [5.74, 6) is 2.44. The van der Waals surface area contributed by atoms with Crippen molar-refractivity contribution in [1.82, 2.24) is 0 Å². The molecule has 0 aliphatic rings. The van der Waals surface area contributed by atoms with Gasteiger partial charge >= 0.3 is 0 Å². The average Bonchev–Trinajstić information content (AvgIpc) is 2.72. The molecule has 0 radical (unpaired) electrons. The van der Waals surface area contributed by atoms with Gasteiger partial charge in [0.05, 0.1) is 33.8 Å². The summed E-state index contributed by atoms with van der Waals surface area (Å²) in [5.41, 5.74) is 1.23. The first-order chi connectivity index (χ1) is 12.9. The predicted molar refractivity (Wildman–Crippen MR) is 107 cm³/mol. The highest BCUT2D eigenvalue weighted by atomic mass is 79.9. The quantitative estimate of drug-likeness (QED) is 0.476. The molecular weight excluding hydrogens is 416 g/mol. The van der Waals surface area contributed by atoms with Crippen LogP contribution < -0.4 is 18.9 Å². The number of carbonyl (C=O) groups excluding carboxylic acids is 2. The average molecular weight is 439 g/mol. The second kappa shape index (κ2) is 11.2. The monoisotopic (exact) mass is 438 g/mol. The molecule has 6 nitrogen and oxygen atoms in total. The van der Waals surface area contributed by atoms with Gasteiger partial charge in [0.1, 0.15) is 0 Å². The Labute approximate surface area is 167 Å². The fourth-order valence-corrected chi connectivity index (χ4v) is 2.47. The molecule has 0 saturated heterocycles. The summed E-state index contributed by atoms with van der Waals surface area (Å²) in [6.45, 7) is 1.52. The van der Waals surface area contributed by atoms with Crippen LogP contribution in [0.15, 0.2) is 36.4 Å². The highest BCUT2D eigenvalue weighted by Gasteiger charge is 2.09. The number of hydrogen-bond donors (Lipinski definition) is 0. The highest BCUT2D eigenvalue weighted by Crippen LogP contribution is 2.28. The van der Waals surface area contributed by atoms with Crippen molar-refractivity contribution in [3.05, 3.63) is 47.5 Å². The van der Waals surface area contributed by atoms with E-state index < -0.39 is 0 Å². The van der Waals surface area contributed by atoms with Gasteiger partial charge in [0.15, 0.2) is 34.6 Å². The maximum atomic E-state index is 11.3. The molecule has 2 aromatic rings. The Morgan fingerprint density at radius 2 is 1.15 bits per heavy atom. The van der Waals surface area contributed by atoms with Crippen LogP contribution in [0.3, 0.4) is 0 Å². The van der Waals surface area contributed by atoms with Crippen molar-refractivity contribution >= 4 is 27.5 Å². The molecule has 27 heavy (non-hydrogen) atoms. The number of halogens is 1. The summed E-state index contributed by atoms with van der Waals surface area (Å²) < 4.78 is 20.2. The molecule has 2 rings (SSSR count). The molecule has 7 heteroatoms. The van der Waals surface area contributed by atoms with Crippen molar-refractivity contribution in [2.24, 2.45) is 0 Å². The highest BCUT2D eigenvalue weighted by molar-refractivity contribution is 9.09. The van der Waals surface area contributed by atoms with E-state index in [-0.39, 0.29) is 11.6 Å². The number of methoxy groups -OCH3 is 4. The van der Waals surface area contributed by atoms with Crippen LogP contribution in [0.4, 0.5) is 0 Å². The number of hydrogen-bond acceptors (Lipinski definition) is 6. The minimum absolute atomic E-state index is 0.0148. The van der Waals surface area contributed by atoms with Crippen molar-refractivity contribution in [3.63, 3.8) is 0 Å². The fraction of sp³-hybridized carbons (Fsp3) is 0.300. The SMILES string of the molecule is COc1ccc(C(=O)CBr)cc1OC.COc1ccc(C(C)=O)cc1OC. The summed E-state index contributed by atoms with van der Waals surface area (Å²) in [4.78, 5) is 22.4. The van der Waals surface area contributed by atoms with Crippen molar-refractivity contribution in [2.75, 3.05) is 33.8 Å². The molecule has 146 valence electrons. The molecule has 2 aromatic carbocycles. The van der Waals surface area contributed by atoms with E-state index in [2.05, 4.69) is 15.9 Å². The zero-order valence-corrected chi connectivity index (χ0v) is 17.6. The minimum Gasteiger partial charge on any atom is -0.493 e. The van der Waals surface area contributed by atoms with Crippen molar-refractivity contribution in [1.29, 1.82) is 0 Å². The Hall–Kier alpha value is -2.54. The van der Waals surface area contributed by atoms with Gasteiger partial charge in [-0.1, -0.05) is 15.9 Å². The first-order valence-electron chi connectivity index (χ1n) is 7.95. The molecule has 0 saturated carbocycles. The maximum Gasteiger partial charge on any atom is 0.173 e. The second-order valence-corrected chi connectivity index (χ2v) is 5.81. The zero-order chi connectivity index (χ0) is 20.4. The van der Waals surface area contributed by atoms with Gasteiger partial charge in [-0.15, -0.1) is 0 Å². The Bertz CT molecular complexity index is 788. The molecule has 0 N–H and O–H groups in total. The lowest BCUT2D eigenvalue weighted by Crippen LogP contribution is -2.01. The molecule has 0 bridgehead atoms. The van der Waals surface area contributed by atoms with E-state index in [1.165, 1.54) is 6.92 Å². The third-order valence-electron chi connectivity index (χ3n) is 3.62. The molecular formula is C20H23BrO6. The van der Waals surface area contributed by atoms with Crippen LogP contribution in [0, 0.1) is 0 Å². The summed E-state index contributed by atoms with van der Waals surface area (Å²) in [6.07, 6.45) is 0. The van der Waals surface area contributed by atoms with Crippen LogP contribution in [-0.4, -0.2) is 45.3 Å². The molecule has 0 fully saturated rings. The number of Topliss-reactive ketones (excluding diaryl/α,β-unsaturated/α-hetero) is 2. The number of benzene rings is 2. The lowest BCUT2D eigenvalue weighted by molar-refractivity contribution is 0.101. The van der Waals surface area contributed by atoms with Gasteiger partial charge in [-0.2, -0.15) is 0 Å². The summed E-state index contributed by atoms with van der Waals surface area (Å²) in [5, 5.41) is 0.308. The van der Waals surface area contributed by atoms with Gasteiger partial charge in [-0.25, -0.2) is 0 Å². The van der Waals surface area contributed by atoms with Crippen molar-refractivity contribution in [2.45, 2.75) is 6.92 Å². The van der Waals surface area contributed by atoms with Gasteiger partial charge in [-0.05, 0) is 43.3 Å². The van der Waals surface area contributed by atoms with Crippen molar-refractivity contribution in [3.8, 4) is 23.0 Å². The Morgan fingerprint density at radius 1 is 0.741 bits per heavy atom. The summed E-state index contributed by atoms with van der Waals surface area (Å²) in [7, 11) is 6.21. The number of rotatable bonds is 7. The smallest absolute Gasteiger partial charge is 0.173 e. The van der Waals surface area contributed by atoms with Crippen molar-refractivity contribution < 1.29 is 28.5 Å². The number of alkyl halides is 1. The third-order valence-corrected chi connectivity index (χ3v) is 4.13. The minimum atomic E-state index is 0.0148. The lowest BCUT2D eigenvalue weighted by atomic mass is 10.1. The van der Waals surface area contributed by atoms with E-state index in [0.717, 1.165) is 0 Å². The predicted octanol–water partition coefficient (Wildman–Crippen LogP) is 4.19. The van der Waals surface area contributed by atoms with Crippen LogP contribution in [0.1, 0.15) is 27.6 Å². The van der Waals surface area contributed by atoms with Crippen LogP contribution in [0.25, 0.3) is 0 Å². The van der Waals surface area contributed by atoms with Gasteiger partial charge in [0.2, 0.25) is 0 Å². The van der Waals surface area contributed by atoms with Crippen LogP contribution in [-0.2, 0) is 0 Å². The van der Waals surface area contributed by atoms with E-state index in [0.29, 0.717) is 39.5 Å². The first kappa shape index (κ1) is 22.5. The largest absolute Gasteiger partial charge is 0.493 e. The normalized spacial score (nSPS) is 9.56. The Kier molecular flexibility index (Phi) is 9.36. The number of ether oxygens (including phenoxy) is 4. The molecule has 0 aliphatic heterocycles. The van der Waals surface area contributed by atoms with Gasteiger partial charge in [-0.3, -0.25) is 9.59 Å². The Morgan fingerprint density at radius 3 is 1.52 bits per heavy atom. The molecule has 0 unspecified atom stereocenters. The van der Waals surface area contributed by atoms with E-state index >= 15 is 0 Å². The molecule has 0 amide bonds. The molecule has 0 atom stereocenters. The Balaban J connectivity index is 0.000000271. The van der Waals surface area contributed by atoms with Crippen LogP contribution in [0.5, 0.6) is 23.0 Å². The first-order valence-corrected chi connectivity index (χ1v) is 9.08. The fourth-order valence-electron chi connectivity index (χ4n) is 2.14. The van der Waals surface area contributed by atoms with E-state index in [1.807, 2.05) is 0 Å². The van der Waals surface area contributed by atoms with Crippen LogP contribution in [0.2, 0.25) is 0 Å². The maximum absolute atomic E-state index is 11.3. The number of ketones is 2. The number of carbonyl (C=O) groups is 2. The molecule has 0 spiro atoms. The molecule has 0 aromatic heterocycles. The van der Waals surface area contributed by atoms with Crippen LogP contribution >= 0.6 is 15.9 Å². The standard InChI is InChI=1S/C10H11BrO3.C10H12O3/c1-13-9-4-3-7(8(12)6-11)5-10(9)14-2;1-7(11)8-4-5-9(12-2)10(6-8)13-3/h3-5H,6H2,1-2H3;4-6H,1-3H3. The van der Waals surface area contributed by atoms with E-state index in [1.54, 1.807) is 64.8 Å². The second-order valence-electron chi connectivity index (χ2n) is 5.25. The zero-order valence-electron chi connectivity index (χ0n) is 16.0. The third kappa shape index (κ3) is 6.29. The van der Waals surface area contributed by atoms with Gasteiger partial charge in [0, 0.05) is 11.1 Å². The van der Waals surface area contributed by atoms with E-state index in [4.69, 9.17) is 18.9 Å². The molecule has 0 aliphatic carbocycles. The molecule has 0 heterocycles. The summed E-state index contributed by atoms with van der Waals surface area (Å²) in [6, 6.07) is 10.2. The lowest BCUT2D eigenvalue weighted by Gasteiger charge is -2.08. The topological polar surface area (TPSA) is 71.1 Å². The van der Waals surface area contributed by atoms with Gasteiger partial charge in [0.25, 0.3) is 0 Å².